The van der Waals surface area contributed by atoms with E-state index >= 15 is 0 Å². The van der Waals surface area contributed by atoms with E-state index < -0.39 is 12.0 Å². The fourth-order valence-electron chi connectivity index (χ4n) is 5.33. The monoisotopic (exact) mass is 642 g/mol. The summed E-state index contributed by atoms with van der Waals surface area (Å²) < 4.78 is 35.8. The van der Waals surface area contributed by atoms with Crippen LogP contribution in [0.15, 0.2) is 81.7 Å². The number of esters is 1. The van der Waals surface area contributed by atoms with Crippen LogP contribution in [-0.2, 0) is 16.1 Å². The summed E-state index contributed by atoms with van der Waals surface area (Å²) in [5.41, 5.74) is 2.96. The van der Waals surface area contributed by atoms with Crippen LogP contribution in [0.25, 0.3) is 6.08 Å². The highest BCUT2D eigenvalue weighted by Crippen LogP contribution is 2.35. The van der Waals surface area contributed by atoms with Gasteiger partial charge in [-0.25, -0.2) is 9.79 Å². The first-order valence-corrected chi connectivity index (χ1v) is 15.7. The highest BCUT2D eigenvalue weighted by Gasteiger charge is 2.34. The smallest absolute Gasteiger partial charge is 0.338 e. The van der Waals surface area contributed by atoms with Crippen molar-refractivity contribution in [3.8, 4) is 28.7 Å². The zero-order chi connectivity index (χ0) is 32.4. The lowest BCUT2D eigenvalue weighted by Gasteiger charge is -2.25. The molecule has 2 aliphatic rings. The third kappa shape index (κ3) is 6.23. The molecular formula is C35H34N2O8S. The normalized spacial score (nSPS) is 15.4. The Morgan fingerprint density at radius 2 is 1.83 bits per heavy atom. The van der Waals surface area contributed by atoms with Crippen LogP contribution in [-0.4, -0.2) is 37.1 Å². The molecule has 1 atom stereocenters. The number of hydrogen-bond acceptors (Lipinski definition) is 10. The Labute approximate surface area is 269 Å². The number of hydrogen-bond donors (Lipinski definition) is 0. The molecule has 3 heterocycles. The average molecular weight is 643 g/mol. The number of rotatable bonds is 10. The van der Waals surface area contributed by atoms with Crippen LogP contribution in [0.5, 0.6) is 28.7 Å². The summed E-state index contributed by atoms with van der Waals surface area (Å²) in [4.78, 5) is 32.6. The van der Waals surface area contributed by atoms with Gasteiger partial charge in [0.2, 0.25) is 6.79 Å². The van der Waals surface area contributed by atoms with Crippen LogP contribution in [0.1, 0.15) is 50.4 Å². The van der Waals surface area contributed by atoms with Gasteiger partial charge in [-0.15, -0.1) is 0 Å². The van der Waals surface area contributed by atoms with Gasteiger partial charge in [0.25, 0.3) is 5.56 Å². The Morgan fingerprint density at radius 1 is 1.04 bits per heavy atom. The molecule has 2 aliphatic heterocycles. The molecule has 0 aliphatic carbocycles. The van der Waals surface area contributed by atoms with Crippen molar-refractivity contribution < 1.29 is 33.2 Å². The first-order valence-electron chi connectivity index (χ1n) is 14.9. The number of methoxy groups -OCH3 is 1. The van der Waals surface area contributed by atoms with E-state index in [4.69, 9.17) is 28.4 Å². The van der Waals surface area contributed by atoms with E-state index in [9.17, 15) is 9.59 Å². The van der Waals surface area contributed by atoms with E-state index in [1.807, 2.05) is 67.6 Å². The number of nitrogens with zero attached hydrogens (tertiary/aromatic N) is 2. The second-order valence-corrected chi connectivity index (χ2v) is 11.9. The predicted molar refractivity (Wildman–Crippen MR) is 172 cm³/mol. The lowest BCUT2D eigenvalue weighted by atomic mass is 9.96. The number of benzene rings is 3. The quantitative estimate of drug-likeness (QED) is 0.225. The number of ether oxygens (including phenoxy) is 6. The van der Waals surface area contributed by atoms with Crippen molar-refractivity contribution in [2.75, 3.05) is 20.5 Å². The Bertz CT molecular complexity index is 1990. The molecule has 0 unspecified atom stereocenters. The average Bonchev–Trinajstić information content (AvgIpc) is 3.63. The number of thiazole rings is 1. The van der Waals surface area contributed by atoms with Gasteiger partial charge in [0.1, 0.15) is 12.4 Å². The summed E-state index contributed by atoms with van der Waals surface area (Å²) in [6.45, 7) is 8.29. The summed E-state index contributed by atoms with van der Waals surface area (Å²) in [6, 6.07) is 17.8. The molecule has 46 heavy (non-hydrogen) atoms. The molecule has 0 bridgehead atoms. The van der Waals surface area contributed by atoms with E-state index in [2.05, 4.69) is 4.99 Å². The van der Waals surface area contributed by atoms with Crippen LogP contribution < -0.4 is 38.6 Å². The lowest BCUT2D eigenvalue weighted by molar-refractivity contribution is -0.143. The maximum absolute atomic E-state index is 14.0. The topological polar surface area (TPSA) is 107 Å². The summed E-state index contributed by atoms with van der Waals surface area (Å²) >= 11 is 1.26. The lowest BCUT2D eigenvalue weighted by Crippen LogP contribution is -2.40. The van der Waals surface area contributed by atoms with Crippen molar-refractivity contribution in [2.24, 2.45) is 4.99 Å². The number of carbonyl (C=O) groups excluding carboxylic acids is 1. The molecular weight excluding hydrogens is 608 g/mol. The standard InChI is InChI=1S/C35H34N2O8S/c1-6-41-25-11-9-24(10-12-25)32-31(34(39)45-20(2)3)21(4)36-35-37(32)33(38)30(46-35)17-22-7-13-26(28(15-22)40-5)42-18-23-8-14-27-29(16-23)44-19-43-27/h7-17,20,32H,6,18-19H2,1-5H3/b30-17+/t32-/m1/s1. The van der Waals surface area contributed by atoms with Gasteiger partial charge < -0.3 is 28.4 Å². The van der Waals surface area contributed by atoms with Gasteiger partial charge in [0, 0.05) is 0 Å². The maximum atomic E-state index is 14.0. The van der Waals surface area contributed by atoms with Gasteiger partial charge in [-0.05, 0) is 86.9 Å². The molecule has 0 radical (unpaired) electrons. The molecule has 1 aromatic heterocycles. The van der Waals surface area contributed by atoms with Gasteiger partial charge in [-0.3, -0.25) is 9.36 Å². The van der Waals surface area contributed by atoms with E-state index in [1.165, 1.54) is 11.3 Å². The van der Waals surface area contributed by atoms with Gasteiger partial charge >= 0.3 is 5.97 Å². The molecule has 11 heteroatoms. The summed E-state index contributed by atoms with van der Waals surface area (Å²) in [7, 11) is 1.57. The maximum Gasteiger partial charge on any atom is 0.338 e. The Balaban J connectivity index is 1.34. The second kappa shape index (κ2) is 13.1. The van der Waals surface area contributed by atoms with Crippen molar-refractivity contribution in [3.63, 3.8) is 0 Å². The zero-order valence-electron chi connectivity index (χ0n) is 26.2. The SMILES string of the molecule is CCOc1ccc([C@@H]2C(C(=O)OC(C)C)=C(C)N=c3s/c(=C/c4ccc(OCc5ccc6c(c5)OCO6)c(OC)c4)c(=O)n32)cc1. The van der Waals surface area contributed by atoms with Crippen molar-refractivity contribution in [1.82, 2.24) is 4.57 Å². The second-order valence-electron chi connectivity index (χ2n) is 10.9. The number of fused-ring (bicyclic) bond motifs is 2. The van der Waals surface area contributed by atoms with Crippen molar-refractivity contribution >= 4 is 23.4 Å². The molecule has 0 spiro atoms. The first kappa shape index (κ1) is 31.0. The van der Waals surface area contributed by atoms with Crippen molar-refractivity contribution in [3.05, 3.63) is 108 Å². The minimum Gasteiger partial charge on any atom is -0.494 e. The largest absolute Gasteiger partial charge is 0.494 e. The molecule has 0 amide bonds. The van der Waals surface area contributed by atoms with Crippen LogP contribution in [0, 0.1) is 0 Å². The summed E-state index contributed by atoms with van der Waals surface area (Å²) in [6.07, 6.45) is 1.45. The molecule has 0 saturated carbocycles. The Morgan fingerprint density at radius 3 is 2.57 bits per heavy atom. The van der Waals surface area contributed by atoms with E-state index in [0.29, 0.717) is 62.6 Å². The third-order valence-corrected chi connectivity index (χ3v) is 8.39. The fraction of sp³-hybridized carbons (Fsp3) is 0.286. The molecule has 6 rings (SSSR count). The Kier molecular flexibility index (Phi) is 8.85. The first-order chi connectivity index (χ1) is 22.2. The highest BCUT2D eigenvalue weighted by molar-refractivity contribution is 7.07. The van der Waals surface area contributed by atoms with E-state index in [0.717, 1.165) is 16.7 Å². The van der Waals surface area contributed by atoms with Gasteiger partial charge in [-0.1, -0.05) is 35.6 Å². The molecule has 4 aromatic rings. The van der Waals surface area contributed by atoms with E-state index in [-0.39, 0.29) is 18.5 Å². The minimum atomic E-state index is -0.721. The van der Waals surface area contributed by atoms with Gasteiger partial charge in [0.05, 0.1) is 41.7 Å². The summed E-state index contributed by atoms with van der Waals surface area (Å²) in [5.74, 6) is 2.66. The zero-order valence-corrected chi connectivity index (χ0v) is 27.0. The number of aromatic nitrogens is 1. The minimum absolute atomic E-state index is 0.209. The molecule has 10 nitrogen and oxygen atoms in total. The van der Waals surface area contributed by atoms with Crippen LogP contribution >= 0.6 is 11.3 Å². The third-order valence-electron chi connectivity index (χ3n) is 7.41. The van der Waals surface area contributed by atoms with Crippen molar-refractivity contribution in [1.29, 1.82) is 0 Å². The van der Waals surface area contributed by atoms with Crippen LogP contribution in [0.3, 0.4) is 0 Å². The van der Waals surface area contributed by atoms with Crippen LogP contribution in [0.2, 0.25) is 0 Å². The molecule has 3 aromatic carbocycles. The number of carbonyl (C=O) groups is 1. The molecule has 0 fully saturated rings. The molecule has 0 N–H and O–H groups in total. The highest BCUT2D eigenvalue weighted by atomic mass is 32.1. The van der Waals surface area contributed by atoms with Gasteiger partial charge in [0.15, 0.2) is 27.8 Å². The fourth-order valence-corrected chi connectivity index (χ4v) is 6.37. The predicted octanol–water partition coefficient (Wildman–Crippen LogP) is 4.90. The van der Waals surface area contributed by atoms with Gasteiger partial charge in [-0.2, -0.15) is 0 Å². The molecule has 0 saturated heterocycles. The van der Waals surface area contributed by atoms with Crippen LogP contribution in [0.4, 0.5) is 0 Å². The van der Waals surface area contributed by atoms with Crippen molar-refractivity contribution in [2.45, 2.75) is 46.4 Å². The van der Waals surface area contributed by atoms with E-state index in [1.54, 1.807) is 38.5 Å². The number of allylic oxidation sites excluding steroid dienone is 1. The summed E-state index contributed by atoms with van der Waals surface area (Å²) in [5, 5.41) is 0. The molecule has 238 valence electrons. The Hall–Kier alpha value is -5.03.